The summed E-state index contributed by atoms with van der Waals surface area (Å²) in [4.78, 5) is 4.50. The molecule has 0 amide bonds. The van der Waals surface area contributed by atoms with E-state index in [4.69, 9.17) is 4.74 Å². The zero-order valence-corrected chi connectivity index (χ0v) is 12.6. The Balaban J connectivity index is 2.04. The molecule has 20 heavy (non-hydrogen) atoms. The SMILES string of the molecule is CCCCOCCn1cc(CNCC)c2cccnc21. The van der Waals surface area contributed by atoms with E-state index in [1.54, 1.807) is 0 Å². The third kappa shape index (κ3) is 3.81. The van der Waals surface area contributed by atoms with Gasteiger partial charge in [-0.05, 0) is 30.7 Å². The molecule has 2 rings (SSSR count). The fourth-order valence-corrected chi connectivity index (χ4v) is 2.28. The van der Waals surface area contributed by atoms with Gasteiger partial charge in [0.05, 0.1) is 6.61 Å². The predicted octanol–water partition coefficient (Wildman–Crippen LogP) is 2.96. The first-order chi connectivity index (χ1) is 9.86. The summed E-state index contributed by atoms with van der Waals surface area (Å²) in [7, 11) is 0. The Morgan fingerprint density at radius 3 is 3.00 bits per heavy atom. The number of pyridine rings is 1. The highest BCUT2D eigenvalue weighted by Gasteiger charge is 2.08. The van der Waals surface area contributed by atoms with E-state index in [2.05, 4.69) is 41.0 Å². The summed E-state index contributed by atoms with van der Waals surface area (Å²) in [6.07, 6.45) is 6.37. The Morgan fingerprint density at radius 1 is 1.30 bits per heavy atom. The maximum atomic E-state index is 5.65. The summed E-state index contributed by atoms with van der Waals surface area (Å²) in [6, 6.07) is 4.14. The molecule has 2 aromatic rings. The van der Waals surface area contributed by atoms with Gasteiger partial charge in [0.15, 0.2) is 0 Å². The standard InChI is InChI=1S/C16H25N3O/c1-3-5-10-20-11-9-19-13-14(12-17-4-2)15-7-6-8-18-16(15)19/h6-8,13,17H,3-5,9-12H2,1-2H3. The first-order valence-corrected chi connectivity index (χ1v) is 7.58. The highest BCUT2D eigenvalue weighted by Crippen LogP contribution is 2.19. The molecular formula is C16H25N3O. The van der Waals surface area contributed by atoms with E-state index in [9.17, 15) is 0 Å². The molecule has 4 heteroatoms. The van der Waals surface area contributed by atoms with Crippen LogP contribution in [0.15, 0.2) is 24.5 Å². The topological polar surface area (TPSA) is 39.1 Å². The quantitative estimate of drug-likeness (QED) is 0.715. The van der Waals surface area contributed by atoms with Gasteiger partial charge in [0.25, 0.3) is 0 Å². The van der Waals surface area contributed by atoms with Gasteiger partial charge < -0.3 is 14.6 Å². The number of hydrogen-bond acceptors (Lipinski definition) is 3. The number of ether oxygens (including phenoxy) is 1. The fraction of sp³-hybridized carbons (Fsp3) is 0.562. The first kappa shape index (κ1) is 15.0. The Hall–Kier alpha value is -1.39. The molecule has 0 aliphatic heterocycles. The van der Waals surface area contributed by atoms with Crippen molar-refractivity contribution in [2.45, 2.75) is 39.8 Å². The third-order valence-electron chi connectivity index (χ3n) is 3.40. The second kappa shape index (κ2) is 8.02. The number of unbranched alkanes of at least 4 members (excludes halogenated alkanes) is 1. The van der Waals surface area contributed by atoms with Crippen molar-refractivity contribution in [2.75, 3.05) is 19.8 Å². The number of rotatable bonds is 9. The van der Waals surface area contributed by atoms with Gasteiger partial charge in [-0.1, -0.05) is 20.3 Å². The highest BCUT2D eigenvalue weighted by molar-refractivity contribution is 5.80. The van der Waals surface area contributed by atoms with E-state index in [0.29, 0.717) is 0 Å². The lowest BCUT2D eigenvalue weighted by Crippen LogP contribution is -2.11. The van der Waals surface area contributed by atoms with Crippen molar-refractivity contribution < 1.29 is 4.74 Å². The Morgan fingerprint density at radius 2 is 2.20 bits per heavy atom. The summed E-state index contributed by atoms with van der Waals surface area (Å²) >= 11 is 0. The van der Waals surface area contributed by atoms with E-state index in [0.717, 1.165) is 44.9 Å². The molecule has 0 bridgehead atoms. The molecule has 0 saturated heterocycles. The molecule has 0 fully saturated rings. The molecule has 4 nitrogen and oxygen atoms in total. The van der Waals surface area contributed by atoms with Gasteiger partial charge in [0.1, 0.15) is 5.65 Å². The van der Waals surface area contributed by atoms with Gasteiger partial charge in [-0.2, -0.15) is 0 Å². The number of nitrogens with one attached hydrogen (secondary N) is 1. The van der Waals surface area contributed by atoms with Crippen LogP contribution >= 0.6 is 0 Å². The molecule has 0 spiro atoms. The van der Waals surface area contributed by atoms with Gasteiger partial charge in [0, 0.05) is 37.5 Å². The van der Waals surface area contributed by atoms with Gasteiger partial charge in [-0.3, -0.25) is 0 Å². The molecule has 1 N–H and O–H groups in total. The van der Waals surface area contributed by atoms with Crippen LogP contribution in [0.4, 0.5) is 0 Å². The summed E-state index contributed by atoms with van der Waals surface area (Å²) in [6.45, 7) is 8.64. The van der Waals surface area contributed by atoms with Crippen LogP contribution in [-0.2, 0) is 17.8 Å². The lowest BCUT2D eigenvalue weighted by atomic mass is 10.2. The van der Waals surface area contributed by atoms with E-state index in [-0.39, 0.29) is 0 Å². The van der Waals surface area contributed by atoms with Crippen LogP contribution < -0.4 is 5.32 Å². The first-order valence-electron chi connectivity index (χ1n) is 7.58. The maximum Gasteiger partial charge on any atom is 0.140 e. The lowest BCUT2D eigenvalue weighted by molar-refractivity contribution is 0.124. The van der Waals surface area contributed by atoms with Gasteiger partial charge in [0.2, 0.25) is 0 Å². The molecule has 0 unspecified atom stereocenters. The van der Waals surface area contributed by atoms with Crippen LogP contribution in [-0.4, -0.2) is 29.3 Å². The van der Waals surface area contributed by atoms with Crippen LogP contribution in [0.2, 0.25) is 0 Å². The largest absolute Gasteiger partial charge is 0.380 e. The molecular weight excluding hydrogens is 250 g/mol. The van der Waals surface area contributed by atoms with Crippen LogP contribution in [0.1, 0.15) is 32.3 Å². The van der Waals surface area contributed by atoms with Crippen molar-refractivity contribution in [3.05, 3.63) is 30.1 Å². The molecule has 110 valence electrons. The second-order valence-corrected chi connectivity index (χ2v) is 4.97. The lowest BCUT2D eigenvalue weighted by Gasteiger charge is -2.05. The van der Waals surface area contributed by atoms with Gasteiger partial charge in [-0.25, -0.2) is 4.98 Å². The fourth-order valence-electron chi connectivity index (χ4n) is 2.28. The van der Waals surface area contributed by atoms with Crippen molar-refractivity contribution in [3.8, 4) is 0 Å². The summed E-state index contributed by atoms with van der Waals surface area (Å²) in [5, 5.41) is 4.62. The summed E-state index contributed by atoms with van der Waals surface area (Å²) < 4.78 is 7.86. The maximum absolute atomic E-state index is 5.65. The average Bonchev–Trinajstić information content (AvgIpc) is 2.83. The number of aromatic nitrogens is 2. The smallest absolute Gasteiger partial charge is 0.140 e. The Labute approximate surface area is 121 Å². The Bertz CT molecular complexity index is 521. The van der Waals surface area contributed by atoms with Crippen LogP contribution in [0.3, 0.4) is 0 Å². The molecule has 0 aromatic carbocycles. The molecule has 2 heterocycles. The van der Waals surface area contributed by atoms with Crippen LogP contribution in [0.5, 0.6) is 0 Å². The zero-order chi connectivity index (χ0) is 14.2. The van der Waals surface area contributed by atoms with E-state index in [1.165, 1.54) is 17.4 Å². The minimum Gasteiger partial charge on any atom is -0.380 e. The Kier molecular flexibility index (Phi) is 6.02. The van der Waals surface area contributed by atoms with Crippen LogP contribution in [0.25, 0.3) is 11.0 Å². The molecule has 0 aliphatic rings. The number of hydrogen-bond donors (Lipinski definition) is 1. The molecule has 0 atom stereocenters. The van der Waals surface area contributed by atoms with E-state index >= 15 is 0 Å². The van der Waals surface area contributed by atoms with Crippen molar-refractivity contribution in [1.29, 1.82) is 0 Å². The highest BCUT2D eigenvalue weighted by atomic mass is 16.5. The van der Waals surface area contributed by atoms with Crippen LogP contribution in [0, 0.1) is 0 Å². The van der Waals surface area contributed by atoms with Crippen molar-refractivity contribution in [2.24, 2.45) is 0 Å². The average molecular weight is 275 g/mol. The van der Waals surface area contributed by atoms with Crippen molar-refractivity contribution >= 4 is 11.0 Å². The minimum atomic E-state index is 0.751. The van der Waals surface area contributed by atoms with E-state index in [1.807, 2.05) is 12.3 Å². The van der Waals surface area contributed by atoms with Gasteiger partial charge in [-0.15, -0.1) is 0 Å². The summed E-state index contributed by atoms with van der Waals surface area (Å²) in [5.41, 5.74) is 2.36. The number of fused-ring (bicyclic) bond motifs is 1. The normalized spacial score (nSPS) is 11.3. The second-order valence-electron chi connectivity index (χ2n) is 4.97. The zero-order valence-electron chi connectivity index (χ0n) is 12.6. The summed E-state index contributed by atoms with van der Waals surface area (Å²) in [5.74, 6) is 0. The number of nitrogens with zero attached hydrogens (tertiary/aromatic N) is 2. The minimum absolute atomic E-state index is 0.751. The molecule has 0 saturated carbocycles. The monoisotopic (exact) mass is 275 g/mol. The van der Waals surface area contributed by atoms with E-state index < -0.39 is 0 Å². The molecule has 0 radical (unpaired) electrons. The van der Waals surface area contributed by atoms with Gasteiger partial charge >= 0.3 is 0 Å². The van der Waals surface area contributed by atoms with Crippen molar-refractivity contribution in [1.82, 2.24) is 14.9 Å². The predicted molar refractivity (Wildman–Crippen MR) is 82.8 cm³/mol. The molecule has 0 aliphatic carbocycles. The third-order valence-corrected chi connectivity index (χ3v) is 3.40. The molecule has 2 aromatic heterocycles. The van der Waals surface area contributed by atoms with Crippen molar-refractivity contribution in [3.63, 3.8) is 0 Å².